The van der Waals surface area contributed by atoms with Crippen LogP contribution in [0.2, 0.25) is 0 Å². The minimum Gasteiger partial charge on any atom is -0.481 e. The first-order chi connectivity index (χ1) is 8.06. The highest BCUT2D eigenvalue weighted by atomic mass is 16.4. The fourth-order valence-electron chi connectivity index (χ4n) is 1.94. The molecule has 0 aromatic carbocycles. The third-order valence-corrected chi connectivity index (χ3v) is 2.86. The number of carboxylic acid groups (broad SMARTS) is 1. The number of amides is 2. The van der Waals surface area contributed by atoms with Crippen LogP contribution in [0.5, 0.6) is 0 Å². The lowest BCUT2D eigenvalue weighted by Gasteiger charge is -2.24. The number of nitrogens with zero attached hydrogens (tertiary/aromatic N) is 1. The Morgan fingerprint density at radius 2 is 1.88 bits per heavy atom. The average Bonchev–Trinajstić information content (AvgIpc) is 2.60. The van der Waals surface area contributed by atoms with Crippen LogP contribution in [0.3, 0.4) is 0 Å². The fraction of sp³-hybridized carbons (Fsp3) is 0.583. The zero-order valence-electron chi connectivity index (χ0n) is 9.89. The van der Waals surface area contributed by atoms with E-state index >= 15 is 0 Å². The van der Waals surface area contributed by atoms with Crippen LogP contribution >= 0.6 is 0 Å². The maximum Gasteiger partial charge on any atom is 0.303 e. The van der Waals surface area contributed by atoms with Crippen molar-refractivity contribution in [1.82, 2.24) is 4.90 Å². The Bertz CT molecular complexity index is 330. The predicted octanol–water partition coefficient (Wildman–Crippen LogP) is 1.33. The molecule has 5 heteroatoms. The minimum atomic E-state index is -0.812. The van der Waals surface area contributed by atoms with Crippen LogP contribution in [0, 0.1) is 0 Å². The Labute approximate surface area is 100 Å². The molecule has 94 valence electrons. The van der Waals surface area contributed by atoms with Gasteiger partial charge in [0.15, 0.2) is 0 Å². The maximum atomic E-state index is 11.5. The summed E-state index contributed by atoms with van der Waals surface area (Å²) >= 11 is 0. The molecule has 0 fully saturated rings. The Kier molecular flexibility index (Phi) is 4.87. The molecule has 0 bridgehead atoms. The van der Waals surface area contributed by atoms with Gasteiger partial charge in [0.2, 0.25) is 0 Å². The van der Waals surface area contributed by atoms with Gasteiger partial charge in [-0.2, -0.15) is 0 Å². The lowest BCUT2D eigenvalue weighted by Crippen LogP contribution is -2.39. The maximum absolute atomic E-state index is 11.5. The van der Waals surface area contributed by atoms with Crippen LogP contribution in [-0.4, -0.2) is 33.8 Å². The second-order valence-electron chi connectivity index (χ2n) is 4.08. The first kappa shape index (κ1) is 13.4. The van der Waals surface area contributed by atoms with E-state index in [0.717, 1.165) is 0 Å². The van der Waals surface area contributed by atoms with E-state index in [0.29, 0.717) is 25.7 Å². The molecule has 0 aromatic rings. The molecule has 17 heavy (non-hydrogen) atoms. The van der Waals surface area contributed by atoms with Crippen LogP contribution in [0.15, 0.2) is 12.2 Å². The molecule has 5 nitrogen and oxygen atoms in total. The van der Waals surface area contributed by atoms with Gasteiger partial charge < -0.3 is 5.11 Å². The second-order valence-corrected chi connectivity index (χ2v) is 4.08. The van der Waals surface area contributed by atoms with Crippen LogP contribution in [0.4, 0.5) is 0 Å². The highest BCUT2D eigenvalue weighted by Gasteiger charge is 2.29. The zero-order valence-corrected chi connectivity index (χ0v) is 9.89. The number of unbranched alkanes of at least 4 members (excludes halogenated alkanes) is 1. The van der Waals surface area contributed by atoms with Gasteiger partial charge in [0, 0.05) is 24.6 Å². The molecule has 1 aliphatic heterocycles. The number of carbonyl (C=O) groups excluding carboxylic acids is 2. The summed E-state index contributed by atoms with van der Waals surface area (Å²) in [5, 5.41) is 8.50. The van der Waals surface area contributed by atoms with Gasteiger partial charge in [0.05, 0.1) is 0 Å². The molecule has 0 radical (unpaired) electrons. The summed E-state index contributed by atoms with van der Waals surface area (Å²) in [4.78, 5) is 34.5. The van der Waals surface area contributed by atoms with Gasteiger partial charge in [0.1, 0.15) is 0 Å². The van der Waals surface area contributed by atoms with Crippen molar-refractivity contribution in [2.45, 2.75) is 45.1 Å². The second kappa shape index (κ2) is 6.18. The average molecular weight is 239 g/mol. The van der Waals surface area contributed by atoms with Crippen LogP contribution in [-0.2, 0) is 14.4 Å². The topological polar surface area (TPSA) is 74.7 Å². The van der Waals surface area contributed by atoms with E-state index in [2.05, 4.69) is 0 Å². The fourth-order valence-corrected chi connectivity index (χ4v) is 1.94. The summed E-state index contributed by atoms with van der Waals surface area (Å²) in [6.45, 7) is 1.92. The van der Waals surface area contributed by atoms with Crippen LogP contribution in [0.25, 0.3) is 0 Å². The molecular formula is C12H17NO4. The molecule has 0 saturated carbocycles. The van der Waals surface area contributed by atoms with Crippen LogP contribution in [0.1, 0.15) is 39.0 Å². The van der Waals surface area contributed by atoms with E-state index in [-0.39, 0.29) is 24.3 Å². The molecule has 1 atom stereocenters. The summed E-state index contributed by atoms with van der Waals surface area (Å²) in [6, 6.07) is -0.112. The molecule has 0 saturated heterocycles. The number of rotatable bonds is 7. The molecule has 0 aromatic heterocycles. The summed E-state index contributed by atoms with van der Waals surface area (Å²) in [6.07, 6.45) is 5.35. The quantitative estimate of drug-likeness (QED) is 0.537. The molecule has 1 rings (SSSR count). The monoisotopic (exact) mass is 239 g/mol. The summed E-state index contributed by atoms with van der Waals surface area (Å²) in [5.41, 5.74) is 0. The number of hydrogen-bond acceptors (Lipinski definition) is 3. The zero-order chi connectivity index (χ0) is 12.8. The van der Waals surface area contributed by atoms with Crippen molar-refractivity contribution in [3.63, 3.8) is 0 Å². The molecule has 0 aliphatic carbocycles. The van der Waals surface area contributed by atoms with E-state index in [4.69, 9.17) is 5.11 Å². The number of carbonyl (C=O) groups is 3. The molecule has 2 amide bonds. The van der Waals surface area contributed by atoms with Crippen molar-refractivity contribution in [2.75, 3.05) is 0 Å². The smallest absolute Gasteiger partial charge is 0.303 e. The third-order valence-electron chi connectivity index (χ3n) is 2.86. The highest BCUT2D eigenvalue weighted by Crippen LogP contribution is 2.17. The normalized spacial score (nSPS) is 16.6. The van der Waals surface area contributed by atoms with Crippen molar-refractivity contribution in [3.8, 4) is 0 Å². The van der Waals surface area contributed by atoms with Crippen LogP contribution < -0.4 is 0 Å². The summed E-state index contributed by atoms with van der Waals surface area (Å²) in [5.74, 6) is -1.34. The van der Waals surface area contributed by atoms with E-state index < -0.39 is 5.97 Å². The molecule has 1 aliphatic rings. The van der Waals surface area contributed by atoms with Crippen molar-refractivity contribution in [3.05, 3.63) is 12.2 Å². The Morgan fingerprint density at radius 1 is 1.29 bits per heavy atom. The number of carboxylic acids is 1. The van der Waals surface area contributed by atoms with E-state index in [1.807, 2.05) is 6.92 Å². The van der Waals surface area contributed by atoms with Crippen molar-refractivity contribution < 1.29 is 19.5 Å². The number of hydrogen-bond donors (Lipinski definition) is 1. The Morgan fingerprint density at radius 3 is 2.35 bits per heavy atom. The van der Waals surface area contributed by atoms with Crippen molar-refractivity contribution >= 4 is 17.8 Å². The standard InChI is InChI=1S/C12H17NO4/c1-2-9(5-3-4-6-12(16)17)13-10(14)7-8-11(13)15/h7-9H,2-6H2,1H3,(H,16,17). The first-order valence-corrected chi connectivity index (χ1v) is 5.83. The summed E-state index contributed by atoms with van der Waals surface area (Å²) in [7, 11) is 0. The Balaban J connectivity index is 2.41. The first-order valence-electron chi connectivity index (χ1n) is 5.83. The lowest BCUT2D eigenvalue weighted by atomic mass is 10.0. The van der Waals surface area contributed by atoms with Gasteiger partial charge in [0.25, 0.3) is 11.8 Å². The molecule has 0 spiro atoms. The Hall–Kier alpha value is -1.65. The molecular weight excluding hydrogens is 222 g/mol. The molecule has 1 unspecified atom stereocenters. The largest absolute Gasteiger partial charge is 0.481 e. The van der Waals surface area contributed by atoms with Gasteiger partial charge in [-0.25, -0.2) is 0 Å². The van der Waals surface area contributed by atoms with Gasteiger partial charge in [-0.3, -0.25) is 19.3 Å². The van der Waals surface area contributed by atoms with Gasteiger partial charge in [-0.15, -0.1) is 0 Å². The molecule has 1 N–H and O–H groups in total. The third kappa shape index (κ3) is 3.69. The van der Waals surface area contributed by atoms with Gasteiger partial charge in [-0.1, -0.05) is 13.3 Å². The van der Waals surface area contributed by atoms with E-state index in [1.165, 1.54) is 17.1 Å². The van der Waals surface area contributed by atoms with E-state index in [1.54, 1.807) is 0 Å². The SMILES string of the molecule is CCC(CCCCC(=O)O)N1C(=O)C=CC1=O. The van der Waals surface area contributed by atoms with Crippen molar-refractivity contribution in [1.29, 1.82) is 0 Å². The molecule has 1 heterocycles. The minimum absolute atomic E-state index is 0.112. The predicted molar refractivity (Wildman–Crippen MR) is 61.2 cm³/mol. The van der Waals surface area contributed by atoms with Crippen molar-refractivity contribution in [2.24, 2.45) is 0 Å². The van der Waals surface area contributed by atoms with Gasteiger partial charge in [-0.05, 0) is 19.3 Å². The lowest BCUT2D eigenvalue weighted by molar-refractivity contribution is -0.140. The van der Waals surface area contributed by atoms with Gasteiger partial charge >= 0.3 is 5.97 Å². The summed E-state index contributed by atoms with van der Waals surface area (Å²) < 4.78 is 0. The van der Waals surface area contributed by atoms with E-state index in [9.17, 15) is 14.4 Å². The number of imide groups is 1. The highest BCUT2D eigenvalue weighted by molar-refractivity contribution is 6.13. The number of aliphatic carboxylic acids is 1.